The summed E-state index contributed by atoms with van der Waals surface area (Å²) in [7, 11) is 1.57. The van der Waals surface area contributed by atoms with Crippen LogP contribution in [0.15, 0.2) is 66.3 Å². The van der Waals surface area contributed by atoms with Gasteiger partial charge in [0.1, 0.15) is 5.75 Å². The molecule has 3 aromatic rings. The Labute approximate surface area is 197 Å². The van der Waals surface area contributed by atoms with E-state index in [1.54, 1.807) is 37.5 Å². The van der Waals surface area contributed by atoms with Gasteiger partial charge >= 0.3 is 0 Å². The molecule has 0 fully saturated rings. The molecule has 2 N–H and O–H groups in total. The third-order valence-corrected chi connectivity index (χ3v) is 5.86. The summed E-state index contributed by atoms with van der Waals surface area (Å²) < 4.78 is 6.97. The van der Waals surface area contributed by atoms with Crippen molar-refractivity contribution in [2.45, 2.75) is 31.6 Å². The SMILES string of the molecule is C=CCn1c(SCC(=O)Nc2ccccc2C)nnc1C(C)NC(=O)c1ccc(OC)cc1. The summed E-state index contributed by atoms with van der Waals surface area (Å²) in [5, 5.41) is 14.9. The van der Waals surface area contributed by atoms with E-state index < -0.39 is 6.04 Å². The summed E-state index contributed by atoms with van der Waals surface area (Å²) in [5.74, 6) is 1.07. The van der Waals surface area contributed by atoms with Crippen LogP contribution >= 0.6 is 11.8 Å². The number of amides is 2. The van der Waals surface area contributed by atoms with Gasteiger partial charge in [-0.1, -0.05) is 36.0 Å². The molecule has 1 heterocycles. The maximum absolute atomic E-state index is 12.6. The van der Waals surface area contributed by atoms with E-state index >= 15 is 0 Å². The summed E-state index contributed by atoms with van der Waals surface area (Å²) in [6.07, 6.45) is 1.72. The Bertz CT molecular complexity index is 1130. The van der Waals surface area contributed by atoms with Crippen LogP contribution in [0.4, 0.5) is 5.69 Å². The van der Waals surface area contributed by atoms with Gasteiger partial charge in [-0.25, -0.2) is 0 Å². The number of methoxy groups -OCH3 is 1. The van der Waals surface area contributed by atoms with Crippen molar-refractivity contribution in [1.29, 1.82) is 0 Å². The van der Waals surface area contributed by atoms with E-state index in [1.165, 1.54) is 11.8 Å². The van der Waals surface area contributed by atoms with Gasteiger partial charge in [-0.3, -0.25) is 9.59 Å². The van der Waals surface area contributed by atoms with E-state index in [1.807, 2.05) is 42.7 Å². The van der Waals surface area contributed by atoms with Crippen molar-refractivity contribution in [3.63, 3.8) is 0 Å². The fourth-order valence-corrected chi connectivity index (χ4v) is 3.90. The number of allylic oxidation sites excluding steroid dienone is 1. The molecule has 0 aliphatic rings. The normalized spacial score (nSPS) is 11.5. The number of hydrogen-bond donors (Lipinski definition) is 2. The van der Waals surface area contributed by atoms with Crippen molar-refractivity contribution in [3.8, 4) is 5.75 Å². The molecule has 172 valence electrons. The molecule has 1 unspecified atom stereocenters. The van der Waals surface area contributed by atoms with E-state index in [4.69, 9.17) is 4.74 Å². The van der Waals surface area contributed by atoms with Crippen molar-refractivity contribution in [3.05, 3.63) is 78.1 Å². The lowest BCUT2D eigenvalue weighted by atomic mass is 10.2. The largest absolute Gasteiger partial charge is 0.497 e. The minimum absolute atomic E-state index is 0.134. The fraction of sp³-hybridized carbons (Fsp3) is 0.250. The van der Waals surface area contributed by atoms with Crippen LogP contribution in [0.3, 0.4) is 0 Å². The summed E-state index contributed by atoms with van der Waals surface area (Å²) >= 11 is 1.28. The van der Waals surface area contributed by atoms with E-state index in [2.05, 4.69) is 27.4 Å². The van der Waals surface area contributed by atoms with Crippen molar-refractivity contribution in [1.82, 2.24) is 20.1 Å². The van der Waals surface area contributed by atoms with Crippen LogP contribution in [0.25, 0.3) is 0 Å². The maximum atomic E-state index is 12.6. The first kappa shape index (κ1) is 24.1. The Morgan fingerprint density at radius 2 is 1.91 bits per heavy atom. The second kappa shape index (κ2) is 11.3. The second-order valence-corrected chi connectivity index (χ2v) is 8.26. The molecule has 9 heteroatoms. The van der Waals surface area contributed by atoms with E-state index in [0.717, 1.165) is 11.3 Å². The van der Waals surface area contributed by atoms with Crippen LogP contribution in [0, 0.1) is 6.92 Å². The monoisotopic (exact) mass is 465 g/mol. The molecule has 0 aliphatic carbocycles. The average Bonchev–Trinajstić information content (AvgIpc) is 3.22. The molecule has 0 bridgehead atoms. The summed E-state index contributed by atoms with van der Waals surface area (Å²) in [4.78, 5) is 25.1. The third-order valence-electron chi connectivity index (χ3n) is 4.90. The van der Waals surface area contributed by atoms with Crippen LogP contribution in [-0.2, 0) is 11.3 Å². The number of thioether (sulfide) groups is 1. The highest BCUT2D eigenvalue weighted by Crippen LogP contribution is 2.22. The molecule has 0 aliphatic heterocycles. The molecule has 0 saturated heterocycles. The van der Waals surface area contributed by atoms with Gasteiger partial charge < -0.3 is 19.9 Å². The molecular weight excluding hydrogens is 438 g/mol. The second-order valence-electron chi connectivity index (χ2n) is 7.32. The Morgan fingerprint density at radius 3 is 2.58 bits per heavy atom. The fourth-order valence-electron chi connectivity index (χ4n) is 3.14. The molecule has 0 radical (unpaired) electrons. The van der Waals surface area contributed by atoms with Crippen molar-refractivity contribution in [2.24, 2.45) is 0 Å². The predicted octanol–water partition coefficient (Wildman–Crippen LogP) is 4.00. The third kappa shape index (κ3) is 6.23. The van der Waals surface area contributed by atoms with Crippen LogP contribution in [0.1, 0.15) is 34.7 Å². The van der Waals surface area contributed by atoms with Crippen LogP contribution in [0.2, 0.25) is 0 Å². The standard InChI is InChI=1S/C24H27N5O3S/c1-5-14-29-22(17(3)25-23(31)18-10-12-19(32-4)13-11-18)27-28-24(29)33-15-21(30)26-20-9-7-6-8-16(20)2/h5-13,17H,1,14-15H2,2-4H3,(H,25,31)(H,26,30). The summed E-state index contributed by atoms with van der Waals surface area (Å²) in [6, 6.07) is 14.1. The molecule has 33 heavy (non-hydrogen) atoms. The van der Waals surface area contributed by atoms with E-state index in [0.29, 0.717) is 28.8 Å². The van der Waals surface area contributed by atoms with E-state index in [-0.39, 0.29) is 17.6 Å². The van der Waals surface area contributed by atoms with Gasteiger partial charge in [-0.15, -0.1) is 16.8 Å². The number of carbonyl (C=O) groups excluding carboxylic acids is 2. The zero-order valence-corrected chi connectivity index (χ0v) is 19.7. The number of hydrogen-bond acceptors (Lipinski definition) is 6. The smallest absolute Gasteiger partial charge is 0.251 e. The highest BCUT2D eigenvalue weighted by atomic mass is 32.2. The van der Waals surface area contributed by atoms with Gasteiger partial charge in [0.25, 0.3) is 5.91 Å². The van der Waals surface area contributed by atoms with E-state index in [9.17, 15) is 9.59 Å². The number of rotatable bonds is 10. The molecule has 0 spiro atoms. The molecule has 8 nitrogen and oxygen atoms in total. The van der Waals surface area contributed by atoms with Gasteiger partial charge in [0, 0.05) is 17.8 Å². The van der Waals surface area contributed by atoms with Gasteiger partial charge in [0.05, 0.1) is 18.9 Å². The first-order chi connectivity index (χ1) is 15.9. The molecule has 1 atom stereocenters. The lowest BCUT2D eigenvalue weighted by Crippen LogP contribution is -2.28. The van der Waals surface area contributed by atoms with Crippen molar-refractivity contribution in [2.75, 3.05) is 18.2 Å². The number of para-hydroxylation sites is 1. The van der Waals surface area contributed by atoms with Gasteiger partial charge in [-0.05, 0) is 49.7 Å². The van der Waals surface area contributed by atoms with Crippen molar-refractivity contribution >= 4 is 29.3 Å². The molecule has 2 amide bonds. The summed E-state index contributed by atoms with van der Waals surface area (Å²) in [6.45, 7) is 8.03. The lowest BCUT2D eigenvalue weighted by molar-refractivity contribution is -0.113. The topological polar surface area (TPSA) is 98.1 Å². The first-order valence-electron chi connectivity index (χ1n) is 10.4. The highest BCUT2D eigenvalue weighted by molar-refractivity contribution is 7.99. The number of ether oxygens (including phenoxy) is 1. The van der Waals surface area contributed by atoms with Crippen LogP contribution in [0.5, 0.6) is 5.75 Å². The molecule has 2 aromatic carbocycles. The Hall–Kier alpha value is -3.59. The van der Waals surface area contributed by atoms with Gasteiger partial charge in [0.2, 0.25) is 5.91 Å². The highest BCUT2D eigenvalue weighted by Gasteiger charge is 2.20. The maximum Gasteiger partial charge on any atom is 0.251 e. The number of benzene rings is 2. The first-order valence-corrected chi connectivity index (χ1v) is 11.4. The summed E-state index contributed by atoms with van der Waals surface area (Å²) in [5.41, 5.74) is 2.29. The number of nitrogens with one attached hydrogen (secondary N) is 2. The Kier molecular flexibility index (Phi) is 8.26. The van der Waals surface area contributed by atoms with Gasteiger partial charge in [0.15, 0.2) is 11.0 Å². The minimum Gasteiger partial charge on any atom is -0.497 e. The van der Waals surface area contributed by atoms with Crippen molar-refractivity contribution < 1.29 is 14.3 Å². The van der Waals surface area contributed by atoms with Crippen LogP contribution in [-0.4, -0.2) is 39.4 Å². The van der Waals surface area contributed by atoms with Gasteiger partial charge in [-0.2, -0.15) is 0 Å². The number of aryl methyl sites for hydroxylation is 1. The number of nitrogens with zero attached hydrogens (tertiary/aromatic N) is 3. The predicted molar refractivity (Wildman–Crippen MR) is 130 cm³/mol. The Balaban J connectivity index is 1.66. The molecular formula is C24H27N5O3S. The Morgan fingerprint density at radius 1 is 1.18 bits per heavy atom. The van der Waals surface area contributed by atoms with Crippen LogP contribution < -0.4 is 15.4 Å². The number of anilines is 1. The molecule has 0 saturated carbocycles. The average molecular weight is 466 g/mol. The minimum atomic E-state index is -0.401. The zero-order chi connectivity index (χ0) is 23.8. The number of aromatic nitrogens is 3. The number of carbonyl (C=O) groups is 2. The quantitative estimate of drug-likeness (QED) is 0.347. The molecule has 1 aromatic heterocycles. The molecule has 3 rings (SSSR count). The lowest BCUT2D eigenvalue weighted by Gasteiger charge is -2.15. The zero-order valence-electron chi connectivity index (χ0n) is 18.9.